The number of hydrogen-bond acceptors (Lipinski definition) is 3. The van der Waals surface area contributed by atoms with Gasteiger partial charge in [0.05, 0.1) is 12.5 Å². The monoisotopic (exact) mass is 257 g/mol. The van der Waals surface area contributed by atoms with Crippen molar-refractivity contribution in [1.29, 1.82) is 0 Å². The molecule has 0 spiro atoms. The van der Waals surface area contributed by atoms with Crippen LogP contribution >= 0.6 is 0 Å². The summed E-state index contributed by atoms with van der Waals surface area (Å²) in [6.45, 7) is 6.82. The smallest absolute Gasteiger partial charge is 0.308 e. The van der Waals surface area contributed by atoms with Gasteiger partial charge in [-0.2, -0.15) is 0 Å². The molecule has 0 rings (SSSR count). The van der Waals surface area contributed by atoms with Crippen LogP contribution in [0.25, 0.3) is 0 Å². The molecule has 4 nitrogen and oxygen atoms in total. The highest BCUT2D eigenvalue weighted by molar-refractivity contribution is 5.75. The lowest BCUT2D eigenvalue weighted by Gasteiger charge is -2.20. The first-order valence-corrected chi connectivity index (χ1v) is 6.97. The molecule has 106 valence electrons. The molecule has 0 radical (unpaired) electrons. The Morgan fingerprint density at radius 1 is 1.17 bits per heavy atom. The van der Waals surface area contributed by atoms with E-state index in [-0.39, 0.29) is 17.8 Å². The van der Waals surface area contributed by atoms with Crippen molar-refractivity contribution < 1.29 is 14.3 Å². The Labute approximate surface area is 111 Å². The summed E-state index contributed by atoms with van der Waals surface area (Å²) in [5.74, 6) is -0.0756. The summed E-state index contributed by atoms with van der Waals surface area (Å²) < 4.78 is 5.08. The van der Waals surface area contributed by atoms with Crippen LogP contribution in [0.5, 0.6) is 0 Å². The van der Waals surface area contributed by atoms with Crippen LogP contribution in [-0.2, 0) is 14.3 Å². The van der Waals surface area contributed by atoms with E-state index in [1.165, 1.54) is 0 Å². The third-order valence-electron chi connectivity index (χ3n) is 3.07. The van der Waals surface area contributed by atoms with Gasteiger partial charge in [0.15, 0.2) is 0 Å². The van der Waals surface area contributed by atoms with Gasteiger partial charge in [-0.3, -0.25) is 9.59 Å². The molecule has 0 aliphatic rings. The van der Waals surface area contributed by atoms with Crippen LogP contribution in [-0.4, -0.2) is 37.0 Å². The van der Waals surface area contributed by atoms with Gasteiger partial charge < -0.3 is 9.64 Å². The molecule has 0 bridgehead atoms. The molecule has 1 amide bonds. The molecule has 0 heterocycles. The molecule has 0 fully saturated rings. The zero-order chi connectivity index (χ0) is 14.0. The van der Waals surface area contributed by atoms with Gasteiger partial charge in [0, 0.05) is 20.0 Å². The van der Waals surface area contributed by atoms with Gasteiger partial charge in [-0.05, 0) is 19.8 Å². The van der Waals surface area contributed by atoms with E-state index in [2.05, 4.69) is 6.92 Å². The average Bonchev–Trinajstić information content (AvgIpc) is 2.37. The van der Waals surface area contributed by atoms with Crippen LogP contribution in [0.1, 0.15) is 52.9 Å². The van der Waals surface area contributed by atoms with E-state index in [9.17, 15) is 9.59 Å². The maximum absolute atomic E-state index is 11.8. The highest BCUT2D eigenvalue weighted by Crippen LogP contribution is 2.15. The van der Waals surface area contributed by atoms with E-state index in [1.807, 2.05) is 13.8 Å². The zero-order valence-corrected chi connectivity index (χ0v) is 12.2. The Balaban J connectivity index is 4.22. The summed E-state index contributed by atoms with van der Waals surface area (Å²) in [5, 5.41) is 0. The van der Waals surface area contributed by atoms with E-state index in [4.69, 9.17) is 4.74 Å². The van der Waals surface area contributed by atoms with Crippen molar-refractivity contribution in [3.8, 4) is 0 Å². The number of amides is 1. The van der Waals surface area contributed by atoms with Gasteiger partial charge in [0.2, 0.25) is 5.91 Å². The normalized spacial score (nSPS) is 12.0. The standard InChI is InChI=1S/C14H27NO3/c1-5-8-9-12(14(17)18-7-3)10-11-15(4)13(16)6-2/h12H,5-11H2,1-4H3. The number of carbonyl (C=O) groups is 2. The van der Waals surface area contributed by atoms with Crippen LogP contribution in [0.15, 0.2) is 0 Å². The van der Waals surface area contributed by atoms with Crippen LogP contribution in [0.3, 0.4) is 0 Å². The summed E-state index contributed by atoms with van der Waals surface area (Å²) in [4.78, 5) is 24.9. The van der Waals surface area contributed by atoms with E-state index in [0.717, 1.165) is 19.3 Å². The summed E-state index contributed by atoms with van der Waals surface area (Å²) in [6, 6.07) is 0. The molecule has 1 atom stereocenters. The number of nitrogens with zero attached hydrogens (tertiary/aromatic N) is 1. The lowest BCUT2D eigenvalue weighted by atomic mass is 9.98. The van der Waals surface area contributed by atoms with Crippen LogP contribution < -0.4 is 0 Å². The first-order chi connectivity index (χ1) is 8.56. The Bertz CT molecular complexity index is 253. The molecule has 0 aromatic rings. The van der Waals surface area contributed by atoms with Crippen LogP contribution in [0, 0.1) is 5.92 Å². The minimum absolute atomic E-state index is 0.0722. The SMILES string of the molecule is CCCCC(CCN(C)C(=O)CC)C(=O)OCC. The van der Waals surface area contributed by atoms with E-state index < -0.39 is 0 Å². The summed E-state index contributed by atoms with van der Waals surface area (Å²) in [7, 11) is 1.79. The molecule has 1 unspecified atom stereocenters. The van der Waals surface area contributed by atoms with Gasteiger partial charge in [-0.25, -0.2) is 0 Å². The second-order valence-corrected chi connectivity index (χ2v) is 4.55. The maximum Gasteiger partial charge on any atom is 0.308 e. The zero-order valence-electron chi connectivity index (χ0n) is 12.2. The number of rotatable bonds is 9. The van der Waals surface area contributed by atoms with Crippen molar-refractivity contribution in [2.75, 3.05) is 20.2 Å². The fourth-order valence-electron chi connectivity index (χ4n) is 1.83. The second-order valence-electron chi connectivity index (χ2n) is 4.55. The molecule has 0 aromatic carbocycles. The van der Waals surface area contributed by atoms with Gasteiger partial charge >= 0.3 is 5.97 Å². The minimum atomic E-state index is -0.122. The quantitative estimate of drug-likeness (QED) is 0.596. The summed E-state index contributed by atoms with van der Waals surface area (Å²) in [5.41, 5.74) is 0. The second kappa shape index (κ2) is 9.92. The fraction of sp³-hybridized carbons (Fsp3) is 0.857. The molecule has 0 aliphatic heterocycles. The molecule has 4 heteroatoms. The van der Waals surface area contributed by atoms with Crippen LogP contribution in [0.4, 0.5) is 0 Å². The topological polar surface area (TPSA) is 46.6 Å². The van der Waals surface area contributed by atoms with Crippen LogP contribution in [0.2, 0.25) is 0 Å². The summed E-state index contributed by atoms with van der Waals surface area (Å²) >= 11 is 0. The fourth-order valence-corrected chi connectivity index (χ4v) is 1.83. The number of hydrogen-bond donors (Lipinski definition) is 0. The molecule has 0 aliphatic carbocycles. The van der Waals surface area contributed by atoms with Crippen molar-refractivity contribution in [1.82, 2.24) is 4.90 Å². The molecule has 0 saturated heterocycles. The Morgan fingerprint density at radius 2 is 1.83 bits per heavy atom. The van der Waals surface area contributed by atoms with Gasteiger partial charge in [0.1, 0.15) is 0 Å². The highest BCUT2D eigenvalue weighted by atomic mass is 16.5. The maximum atomic E-state index is 11.8. The first kappa shape index (κ1) is 16.9. The predicted octanol–water partition coefficient (Wildman–Crippen LogP) is 2.61. The Hall–Kier alpha value is -1.06. The van der Waals surface area contributed by atoms with Gasteiger partial charge in [-0.1, -0.05) is 26.7 Å². The van der Waals surface area contributed by atoms with E-state index in [1.54, 1.807) is 11.9 Å². The number of carbonyl (C=O) groups excluding carboxylic acids is 2. The van der Waals surface area contributed by atoms with Gasteiger partial charge in [-0.15, -0.1) is 0 Å². The number of esters is 1. The lowest BCUT2D eigenvalue weighted by Crippen LogP contribution is -2.30. The number of ether oxygens (including phenoxy) is 1. The predicted molar refractivity (Wildman–Crippen MR) is 72.2 cm³/mol. The van der Waals surface area contributed by atoms with E-state index in [0.29, 0.717) is 26.0 Å². The lowest BCUT2D eigenvalue weighted by molar-refractivity contribution is -0.149. The highest BCUT2D eigenvalue weighted by Gasteiger charge is 2.20. The third-order valence-corrected chi connectivity index (χ3v) is 3.07. The Morgan fingerprint density at radius 3 is 2.33 bits per heavy atom. The first-order valence-electron chi connectivity index (χ1n) is 6.97. The van der Waals surface area contributed by atoms with Crippen molar-refractivity contribution in [3.05, 3.63) is 0 Å². The molecule has 0 saturated carbocycles. The molecular weight excluding hydrogens is 230 g/mol. The largest absolute Gasteiger partial charge is 0.466 e. The average molecular weight is 257 g/mol. The van der Waals surface area contributed by atoms with Crippen molar-refractivity contribution in [3.63, 3.8) is 0 Å². The van der Waals surface area contributed by atoms with Gasteiger partial charge in [0.25, 0.3) is 0 Å². The minimum Gasteiger partial charge on any atom is -0.466 e. The molecule has 0 aromatic heterocycles. The summed E-state index contributed by atoms with van der Waals surface area (Å²) in [6.07, 6.45) is 4.15. The van der Waals surface area contributed by atoms with E-state index >= 15 is 0 Å². The molecule has 18 heavy (non-hydrogen) atoms. The third kappa shape index (κ3) is 6.62. The molecular formula is C14H27NO3. The van der Waals surface area contributed by atoms with Crippen molar-refractivity contribution >= 4 is 11.9 Å². The molecule has 0 N–H and O–H groups in total. The van der Waals surface area contributed by atoms with Crippen molar-refractivity contribution in [2.24, 2.45) is 5.92 Å². The number of unbranched alkanes of at least 4 members (excludes halogenated alkanes) is 1. The van der Waals surface area contributed by atoms with Crippen molar-refractivity contribution in [2.45, 2.75) is 52.9 Å². The Kier molecular flexibility index (Phi) is 9.33.